The Morgan fingerprint density at radius 1 is 0.930 bits per heavy atom. The minimum atomic E-state index is -0.769. The number of hydrogen-bond acceptors (Lipinski definition) is 5. The number of carbonyl (C=O) groups excluding carboxylic acids is 2. The predicted octanol–water partition coefficient (Wildman–Crippen LogP) is 8.86. The fourth-order valence-electron chi connectivity index (χ4n) is 5.71. The molecule has 43 heavy (non-hydrogen) atoms. The Kier molecular flexibility index (Phi) is 16.7. The van der Waals surface area contributed by atoms with Gasteiger partial charge in [-0.2, -0.15) is 0 Å². The molecular weight excluding hydrogens is 558 g/mol. The summed E-state index contributed by atoms with van der Waals surface area (Å²) in [6, 6.07) is 4.92. The van der Waals surface area contributed by atoms with E-state index in [1.807, 2.05) is 26.0 Å². The molecule has 1 aromatic carbocycles. The molecule has 2 amide bonds. The summed E-state index contributed by atoms with van der Waals surface area (Å²) in [5, 5.41) is 3.33. The second-order valence-electron chi connectivity index (χ2n) is 12.1. The molecule has 242 valence electrons. The van der Waals surface area contributed by atoms with Gasteiger partial charge in [0.25, 0.3) is 0 Å². The summed E-state index contributed by atoms with van der Waals surface area (Å²) in [6.07, 6.45) is 17.6. The van der Waals surface area contributed by atoms with Crippen molar-refractivity contribution in [2.45, 2.75) is 137 Å². The summed E-state index contributed by atoms with van der Waals surface area (Å²) in [5.41, 5.74) is 2.82. The van der Waals surface area contributed by atoms with Gasteiger partial charge in [0.1, 0.15) is 11.8 Å². The van der Waals surface area contributed by atoms with Crippen molar-refractivity contribution in [1.82, 2.24) is 15.1 Å². The zero-order valence-corrected chi connectivity index (χ0v) is 28.7. The zero-order valence-electron chi connectivity index (χ0n) is 27.9. The van der Waals surface area contributed by atoms with E-state index in [2.05, 4.69) is 18.3 Å². The van der Waals surface area contributed by atoms with Crippen LogP contribution in [0, 0.1) is 0 Å². The highest BCUT2D eigenvalue weighted by Crippen LogP contribution is 2.42. The van der Waals surface area contributed by atoms with Crippen molar-refractivity contribution in [3.63, 3.8) is 0 Å². The molecule has 0 bridgehead atoms. The molecule has 1 unspecified atom stereocenters. The van der Waals surface area contributed by atoms with E-state index in [1.54, 1.807) is 27.9 Å². The molecule has 1 aliphatic heterocycles. The lowest BCUT2D eigenvalue weighted by molar-refractivity contribution is -0.139. The Hall–Kier alpha value is -2.61. The Balaban J connectivity index is 2.23. The number of thiocarbonyl (C=S) groups is 1. The van der Waals surface area contributed by atoms with E-state index >= 15 is 0 Å². The number of esters is 1. The number of carbonyl (C=O) groups is 2. The normalized spacial score (nSPS) is 15.1. The van der Waals surface area contributed by atoms with Crippen LogP contribution in [0.4, 0.5) is 4.79 Å². The topological polar surface area (TPSA) is 71.1 Å². The van der Waals surface area contributed by atoms with E-state index in [0.29, 0.717) is 17.0 Å². The SMILES string of the molecule is CCCCCCCCCCCCCCCc1cccc(OC(C)C)c1C1C(C(=O)OCC)=C(C)NC(=S)N1C(=O)N(C)C. The van der Waals surface area contributed by atoms with Gasteiger partial charge >= 0.3 is 12.0 Å². The Labute approximate surface area is 266 Å². The van der Waals surface area contributed by atoms with E-state index in [4.69, 9.17) is 21.7 Å². The summed E-state index contributed by atoms with van der Waals surface area (Å²) in [4.78, 5) is 29.9. The van der Waals surface area contributed by atoms with Crippen molar-refractivity contribution in [1.29, 1.82) is 0 Å². The van der Waals surface area contributed by atoms with Crippen molar-refractivity contribution in [3.8, 4) is 5.75 Å². The number of unbranched alkanes of at least 4 members (excludes halogenated alkanes) is 12. The smallest absolute Gasteiger partial charge is 0.338 e. The number of allylic oxidation sites excluding steroid dienone is 1. The fourth-order valence-corrected chi connectivity index (χ4v) is 6.04. The van der Waals surface area contributed by atoms with Crippen molar-refractivity contribution in [2.75, 3.05) is 20.7 Å². The van der Waals surface area contributed by atoms with Crippen LogP contribution < -0.4 is 10.1 Å². The molecule has 0 saturated heterocycles. The van der Waals surface area contributed by atoms with Crippen LogP contribution in [0.3, 0.4) is 0 Å². The molecule has 2 rings (SSSR count). The Morgan fingerprint density at radius 2 is 1.49 bits per heavy atom. The highest BCUT2D eigenvalue weighted by atomic mass is 32.1. The number of amides is 2. The average Bonchev–Trinajstić information content (AvgIpc) is 2.94. The van der Waals surface area contributed by atoms with Gasteiger partial charge in [-0.1, -0.05) is 96.1 Å². The number of nitrogens with zero attached hydrogens (tertiary/aromatic N) is 2. The highest BCUT2D eigenvalue weighted by Gasteiger charge is 2.43. The first-order chi connectivity index (χ1) is 20.6. The molecule has 0 aromatic heterocycles. The number of nitrogens with one attached hydrogen (secondary N) is 1. The van der Waals surface area contributed by atoms with E-state index < -0.39 is 12.0 Å². The zero-order chi connectivity index (χ0) is 31.8. The number of ether oxygens (including phenoxy) is 2. The average molecular weight is 616 g/mol. The lowest BCUT2D eigenvalue weighted by Gasteiger charge is -2.40. The maximum Gasteiger partial charge on any atom is 0.338 e. The summed E-state index contributed by atoms with van der Waals surface area (Å²) in [7, 11) is 3.37. The highest BCUT2D eigenvalue weighted by molar-refractivity contribution is 7.80. The van der Waals surface area contributed by atoms with Crippen LogP contribution >= 0.6 is 12.2 Å². The molecule has 0 radical (unpaired) electrons. The molecule has 0 aliphatic carbocycles. The summed E-state index contributed by atoms with van der Waals surface area (Å²) >= 11 is 5.69. The van der Waals surface area contributed by atoms with Gasteiger partial charge in [0, 0.05) is 25.4 Å². The number of rotatable bonds is 19. The first kappa shape index (κ1) is 36.6. The van der Waals surface area contributed by atoms with E-state index in [-0.39, 0.29) is 23.9 Å². The predicted molar refractivity (Wildman–Crippen MR) is 180 cm³/mol. The van der Waals surface area contributed by atoms with Gasteiger partial charge in [-0.3, -0.25) is 4.90 Å². The fraction of sp³-hybridized carbons (Fsp3) is 0.686. The van der Waals surface area contributed by atoms with E-state index in [9.17, 15) is 9.59 Å². The van der Waals surface area contributed by atoms with Gasteiger partial charge in [0.15, 0.2) is 5.11 Å². The minimum Gasteiger partial charge on any atom is -0.491 e. The maximum absolute atomic E-state index is 13.6. The lowest BCUT2D eigenvalue weighted by Crippen LogP contribution is -2.54. The second-order valence-corrected chi connectivity index (χ2v) is 12.5. The number of hydrogen-bond donors (Lipinski definition) is 1. The third-order valence-corrected chi connectivity index (χ3v) is 8.17. The third-order valence-electron chi connectivity index (χ3n) is 7.88. The van der Waals surface area contributed by atoms with Crippen LogP contribution in [0.15, 0.2) is 29.5 Å². The van der Waals surface area contributed by atoms with Gasteiger partial charge in [-0.05, 0) is 64.4 Å². The lowest BCUT2D eigenvalue weighted by atomic mass is 9.88. The maximum atomic E-state index is 13.6. The first-order valence-electron chi connectivity index (χ1n) is 16.6. The number of benzene rings is 1. The van der Waals surface area contributed by atoms with Crippen LogP contribution in [0.25, 0.3) is 0 Å². The van der Waals surface area contributed by atoms with Gasteiger partial charge < -0.3 is 19.7 Å². The third kappa shape index (κ3) is 11.4. The molecule has 1 aromatic rings. The van der Waals surface area contributed by atoms with Gasteiger partial charge in [0.05, 0.1) is 18.3 Å². The molecule has 0 fully saturated rings. The van der Waals surface area contributed by atoms with Crippen molar-refractivity contribution in [3.05, 3.63) is 40.6 Å². The summed E-state index contributed by atoms with van der Waals surface area (Å²) in [6.45, 7) is 10.0. The Bertz CT molecular complexity index is 1070. The molecule has 1 aliphatic rings. The van der Waals surface area contributed by atoms with Crippen molar-refractivity contribution in [2.24, 2.45) is 0 Å². The summed E-state index contributed by atoms with van der Waals surface area (Å²) < 4.78 is 11.8. The molecule has 7 nitrogen and oxygen atoms in total. The molecular formula is C35H57N3O4S. The van der Waals surface area contributed by atoms with Gasteiger partial charge in [0.2, 0.25) is 0 Å². The monoisotopic (exact) mass is 615 g/mol. The molecule has 8 heteroatoms. The molecule has 1 N–H and O–H groups in total. The van der Waals surface area contributed by atoms with Crippen molar-refractivity contribution < 1.29 is 19.1 Å². The van der Waals surface area contributed by atoms with Crippen LogP contribution in [0.2, 0.25) is 0 Å². The summed E-state index contributed by atoms with van der Waals surface area (Å²) in [5.74, 6) is 0.186. The number of aryl methyl sites for hydroxylation is 1. The van der Waals surface area contributed by atoms with Crippen molar-refractivity contribution >= 4 is 29.3 Å². The quantitative estimate of drug-likeness (QED) is 0.0952. The largest absolute Gasteiger partial charge is 0.491 e. The van der Waals surface area contributed by atoms with Crippen LogP contribution in [-0.4, -0.2) is 53.7 Å². The van der Waals surface area contributed by atoms with E-state index in [0.717, 1.165) is 30.4 Å². The van der Waals surface area contributed by atoms with Crippen LogP contribution in [0.1, 0.15) is 135 Å². The molecule has 1 atom stereocenters. The van der Waals surface area contributed by atoms with E-state index in [1.165, 1.54) is 80.4 Å². The van der Waals surface area contributed by atoms with Crippen LogP contribution in [0.5, 0.6) is 5.75 Å². The minimum absolute atomic E-state index is 0.0897. The van der Waals surface area contributed by atoms with Gasteiger partial charge in [-0.15, -0.1) is 0 Å². The molecule has 0 saturated carbocycles. The molecule has 1 heterocycles. The molecule has 0 spiro atoms. The second kappa shape index (κ2) is 19.6. The number of urea groups is 1. The first-order valence-corrected chi connectivity index (χ1v) is 17.0. The Morgan fingerprint density at radius 3 is 2.00 bits per heavy atom. The van der Waals surface area contributed by atoms with Gasteiger partial charge in [-0.25, -0.2) is 9.59 Å². The standard InChI is InChI=1S/C35H57N3O4S/c1-8-10-11-12-13-14-15-16-17-18-19-20-21-23-28-24-22-25-29(42-26(3)4)31(28)32-30(33(39)41-9-2)27(5)36-34(43)38(32)35(40)37(6)7/h22,24-26,32H,8-21,23H2,1-7H3,(H,36,43). The van der Waals surface area contributed by atoms with Crippen LogP contribution in [-0.2, 0) is 16.0 Å².